The van der Waals surface area contributed by atoms with Gasteiger partial charge in [-0.05, 0) is 129 Å². The number of aliphatic hydroxyl groups excluding tert-OH is 1. The van der Waals surface area contributed by atoms with E-state index in [2.05, 4.69) is 42.2 Å². The lowest BCUT2D eigenvalue weighted by atomic mass is 9.87. The summed E-state index contributed by atoms with van der Waals surface area (Å²) in [5, 5.41) is 37.6. The number of ether oxygens (including phenoxy) is 4. The van der Waals surface area contributed by atoms with Crippen LogP contribution in [-0.2, 0) is 124 Å². The Morgan fingerprint density at radius 1 is 0.718 bits per heavy atom. The molecule has 0 radical (unpaired) electrons. The van der Waals surface area contributed by atoms with Crippen molar-refractivity contribution in [1.29, 1.82) is 0 Å². The highest BCUT2D eigenvalue weighted by Crippen LogP contribution is 2.36. The molecule has 2 aromatic heterocycles. The number of Topliss-reactive ketones (excluding diaryl/α,β-unsaturated/α-hetero) is 3. The van der Waals surface area contributed by atoms with Crippen LogP contribution in [0, 0.1) is 17.7 Å². The standard InChI is InChI=1S/C85H109FN14O17/c1-53-80(109)92-69(47-88-75(105)28-35-115-37-38-116-36-34-100(4,5)6)82(111)90-67-41-58-12-8-13-59(39-58)46-87-77(107)52-117-73-27-31-98-79(73)72(103)45-65(54(2)101)81(110)91-68(40-56-19-22-64(114-7)23-20-56)84(113)99-30-10-29-85(99,3)74(104)14-9-11-55-15-17-57(18-16-55)48-95(78(108)26-25-76(106)89-53)32-33-97-51-63(93-94-97)50-96-49-61(42-60(83(98)112)43-71(67)102)66-44-62(86)21-24-70(66)96/h8,12-13,15-24,39,44,49,51,53-54,60,65,67-69,73,79,101H,9-11,14,25-38,40-43,45-48,50,52H2,1-7H3,(H5-,87,88,89,90,91,92,105,106,107,109,110,111)/p+1/t53-,54+,60+,65-,67-,68-,69+,73-,79+,85-/m0/s1. The highest BCUT2D eigenvalue weighted by Gasteiger charge is 2.49. The summed E-state index contributed by atoms with van der Waals surface area (Å²) in [5.74, 6) is -11.5. The molecule has 6 aliphatic rings. The Morgan fingerprint density at radius 3 is 2.21 bits per heavy atom. The molecule has 7 N–H and O–H groups in total. The first-order valence-corrected chi connectivity index (χ1v) is 40.4. The number of halogens is 1. The van der Waals surface area contributed by atoms with E-state index in [1.54, 1.807) is 88.1 Å². The van der Waals surface area contributed by atoms with Crippen molar-refractivity contribution in [1.82, 2.24) is 66.2 Å². The Kier molecular flexibility index (Phi) is 29.8. The molecule has 0 unspecified atom stereocenters. The number of nitrogens with zero attached hydrogens (tertiary/aromatic N) is 8. The van der Waals surface area contributed by atoms with Gasteiger partial charge < -0.3 is 79.7 Å². The van der Waals surface area contributed by atoms with Gasteiger partial charge in [0.15, 0.2) is 17.3 Å². The van der Waals surface area contributed by atoms with Crippen LogP contribution in [-0.4, -0.2) is 256 Å². The summed E-state index contributed by atoms with van der Waals surface area (Å²) in [4.78, 5) is 184. The summed E-state index contributed by atoms with van der Waals surface area (Å²) < 4.78 is 43.2. The van der Waals surface area contributed by atoms with Gasteiger partial charge in [-0.1, -0.05) is 65.9 Å². The zero-order valence-electron chi connectivity index (χ0n) is 67.7. The molecule has 117 heavy (non-hydrogen) atoms. The second kappa shape index (κ2) is 40.0. The van der Waals surface area contributed by atoms with Crippen LogP contribution in [0.15, 0.2) is 103 Å². The van der Waals surface area contributed by atoms with Crippen molar-refractivity contribution in [3.05, 3.63) is 148 Å². The summed E-state index contributed by atoms with van der Waals surface area (Å²) in [7, 11) is 7.61. The fourth-order valence-electron chi connectivity index (χ4n) is 15.8. The number of quaternary nitrogens is 1. The SMILES string of the molecule is COc1ccc(C[C@@H]2NC(=O)[C@H]([C@@H](C)O)CC(=O)[C@@H]3[C@@H]4CCN3C(=O)[C@H]3CC(=O)[C@H](Cc5cccc(c5)CNC(=O)CO4)NC(=O)[C@@H](CNC(=O)CCOCCOCC[N+](C)(C)C)NC(=O)[C@H](C)NC(=O)CCC(=O)N(CCn4cc(nn4)Cn4cc(c5cc(F)ccc54)C3)Cc3ccc(cc3)CCCC(=O)[C@]3(C)CCCN3C2=O)cc1. The maximum Gasteiger partial charge on any atom is 0.246 e. The van der Waals surface area contributed by atoms with Gasteiger partial charge in [-0.2, -0.15) is 0 Å². The first kappa shape index (κ1) is 87.2. The predicted molar refractivity (Wildman–Crippen MR) is 425 cm³/mol. The second-order valence-electron chi connectivity index (χ2n) is 32.5. The van der Waals surface area contributed by atoms with E-state index in [1.165, 1.54) is 42.9 Å². The lowest BCUT2D eigenvalue weighted by molar-refractivity contribution is -0.870. The second-order valence-corrected chi connectivity index (χ2v) is 32.5. The van der Waals surface area contributed by atoms with E-state index >= 15 is 33.2 Å². The monoisotopic (exact) mass is 1620 g/mol. The highest BCUT2D eigenvalue weighted by atomic mass is 19.1. The number of rotatable bonds is 15. The van der Waals surface area contributed by atoms with Gasteiger partial charge in [-0.25, -0.2) is 4.39 Å². The van der Waals surface area contributed by atoms with E-state index in [4.69, 9.17) is 18.9 Å². The molecule has 14 bridgehead atoms. The van der Waals surface area contributed by atoms with Crippen LogP contribution in [0.3, 0.4) is 0 Å². The number of nitrogens with one attached hydrogen (secondary N) is 6. The number of amides is 9. The zero-order valence-corrected chi connectivity index (χ0v) is 67.7. The molecule has 6 aromatic rings. The average Bonchev–Trinajstić information content (AvgIpc) is 1.65. The number of methoxy groups -OCH3 is 1. The molecular formula is C85H110FN14O17+. The third kappa shape index (κ3) is 23.6. The lowest BCUT2D eigenvalue weighted by Gasteiger charge is -2.37. The summed E-state index contributed by atoms with van der Waals surface area (Å²) in [6.45, 7) is 5.06. The van der Waals surface area contributed by atoms with Gasteiger partial charge in [0.1, 0.15) is 54.6 Å². The Labute approximate surface area is 679 Å². The van der Waals surface area contributed by atoms with E-state index < -0.39 is 156 Å². The van der Waals surface area contributed by atoms with Gasteiger partial charge in [0.05, 0.1) is 104 Å². The number of benzene rings is 4. The molecule has 31 nitrogen and oxygen atoms in total. The van der Waals surface area contributed by atoms with E-state index in [0.717, 1.165) is 17.7 Å². The Bertz CT molecular complexity index is 4580. The molecule has 2 fully saturated rings. The number of aryl methyl sites for hydroxylation is 1. The van der Waals surface area contributed by atoms with Crippen LogP contribution < -0.4 is 36.6 Å². The predicted octanol–water partition coefficient (Wildman–Crippen LogP) is 2.92. The number of hydrogen-bond donors (Lipinski definition) is 7. The topological polar surface area (TPSA) is 380 Å². The molecule has 0 spiro atoms. The molecule has 10 atom stereocenters. The first-order chi connectivity index (χ1) is 56.0. The number of aromatic nitrogens is 4. The minimum absolute atomic E-state index is 0.0315. The van der Waals surface area contributed by atoms with Crippen molar-refractivity contribution in [3.8, 4) is 5.75 Å². The van der Waals surface area contributed by atoms with Gasteiger partial charge >= 0.3 is 0 Å². The molecule has 2 saturated heterocycles. The largest absolute Gasteiger partial charge is 0.497 e. The minimum Gasteiger partial charge on any atom is -0.497 e. The minimum atomic E-state index is -1.66. The van der Waals surface area contributed by atoms with Crippen LogP contribution in [0.4, 0.5) is 4.39 Å². The summed E-state index contributed by atoms with van der Waals surface area (Å²) >= 11 is 0. The van der Waals surface area contributed by atoms with Crippen molar-refractivity contribution in [2.75, 3.05) is 94.0 Å². The van der Waals surface area contributed by atoms with Gasteiger partial charge in [-0.15, -0.1) is 5.10 Å². The molecule has 0 saturated carbocycles. The normalized spacial score (nSPS) is 24.2. The molecule has 6 aliphatic heterocycles. The van der Waals surface area contributed by atoms with Crippen molar-refractivity contribution in [2.45, 2.75) is 185 Å². The highest BCUT2D eigenvalue weighted by molar-refractivity contribution is 6.00. The van der Waals surface area contributed by atoms with Crippen molar-refractivity contribution < 1.29 is 90.5 Å². The van der Waals surface area contributed by atoms with Crippen LogP contribution in [0.25, 0.3) is 10.9 Å². The van der Waals surface area contributed by atoms with E-state index in [1.807, 2.05) is 45.4 Å². The third-order valence-electron chi connectivity index (χ3n) is 22.6. The quantitative estimate of drug-likeness (QED) is 0.0574. The Hall–Kier alpha value is -10.7. The fraction of sp³-hybridized carbons (Fsp3) is 0.529. The molecule has 9 amide bonds. The molecule has 8 heterocycles. The van der Waals surface area contributed by atoms with E-state index in [9.17, 15) is 33.9 Å². The van der Waals surface area contributed by atoms with Gasteiger partial charge in [0, 0.05) is 107 Å². The molecule has 12 rings (SSSR count). The van der Waals surface area contributed by atoms with Crippen molar-refractivity contribution >= 4 is 81.4 Å². The van der Waals surface area contributed by atoms with Crippen LogP contribution >= 0.6 is 0 Å². The van der Waals surface area contributed by atoms with Gasteiger partial charge in [0.2, 0.25) is 53.2 Å². The van der Waals surface area contributed by atoms with E-state index in [-0.39, 0.29) is 123 Å². The van der Waals surface area contributed by atoms with Gasteiger partial charge in [-0.3, -0.25) is 62.2 Å². The lowest BCUT2D eigenvalue weighted by Crippen LogP contribution is -2.59. The molecule has 4 aromatic carbocycles. The maximum atomic E-state index is 16.4. The number of carbonyl (C=O) groups is 12. The first-order valence-electron chi connectivity index (χ1n) is 40.4. The van der Waals surface area contributed by atoms with Crippen molar-refractivity contribution in [3.63, 3.8) is 0 Å². The number of ketones is 3. The number of likely N-dealkylation sites (N-methyl/N-ethyl adjacent to an activating group) is 1. The number of hydrogen-bond acceptors (Lipinski definition) is 19. The zero-order chi connectivity index (χ0) is 83.7. The van der Waals surface area contributed by atoms with Gasteiger partial charge in [0.25, 0.3) is 0 Å². The molecule has 32 heteroatoms. The number of fused-ring (bicyclic) bond motifs is 16. The van der Waals surface area contributed by atoms with Crippen LogP contribution in [0.1, 0.15) is 124 Å². The fourth-order valence-corrected chi connectivity index (χ4v) is 15.8. The Morgan fingerprint density at radius 2 is 1.46 bits per heavy atom. The van der Waals surface area contributed by atoms with Crippen molar-refractivity contribution in [2.24, 2.45) is 11.8 Å². The summed E-state index contributed by atoms with van der Waals surface area (Å²) in [6, 6.07) is 17.7. The molecule has 0 aliphatic carbocycles. The van der Waals surface area contributed by atoms with Crippen LogP contribution in [0.5, 0.6) is 5.75 Å². The summed E-state index contributed by atoms with van der Waals surface area (Å²) in [5.41, 5.74) is 3.18. The Balaban J connectivity index is 1.01. The maximum absolute atomic E-state index is 16.4. The number of aliphatic hydroxyl groups is 1. The van der Waals surface area contributed by atoms with Crippen LogP contribution in [0.2, 0.25) is 0 Å². The van der Waals surface area contributed by atoms with E-state index in [0.29, 0.717) is 81.4 Å². The third-order valence-corrected chi connectivity index (χ3v) is 22.6. The number of carbonyl (C=O) groups excluding carboxylic acids is 12. The molecule has 628 valence electrons. The summed E-state index contributed by atoms with van der Waals surface area (Å²) in [6.07, 6.45) is -0.783. The smallest absolute Gasteiger partial charge is 0.246 e. The average molecular weight is 1620 g/mol. The molecular weight excluding hydrogens is 1510 g/mol.